The van der Waals surface area contributed by atoms with E-state index in [1.54, 1.807) is 12.1 Å². The van der Waals surface area contributed by atoms with E-state index in [0.29, 0.717) is 37.3 Å². The van der Waals surface area contributed by atoms with Crippen molar-refractivity contribution in [2.24, 2.45) is 0 Å². The average Bonchev–Trinajstić information content (AvgIpc) is 2.39. The minimum absolute atomic E-state index is 0.309. The van der Waals surface area contributed by atoms with Crippen molar-refractivity contribution in [2.45, 2.75) is 12.8 Å². The maximum atomic E-state index is 11.1. The molecule has 0 spiro atoms. The van der Waals surface area contributed by atoms with Gasteiger partial charge in [-0.3, -0.25) is 4.79 Å². The summed E-state index contributed by atoms with van der Waals surface area (Å²) in [5, 5.41) is 8.71. The van der Waals surface area contributed by atoms with Gasteiger partial charge >= 0.3 is 0 Å². The highest BCUT2D eigenvalue weighted by molar-refractivity contribution is 7.80. The fraction of sp³-hybridized carbons (Fsp3) is 0.308. The normalized spacial score (nSPS) is 15.5. The SMILES string of the molecule is N#Cc1ccc(C(=S)N2CCC(=O)CC2)cc1. The van der Waals surface area contributed by atoms with E-state index in [1.165, 1.54) is 0 Å². The van der Waals surface area contributed by atoms with Crippen LogP contribution >= 0.6 is 12.2 Å². The van der Waals surface area contributed by atoms with Crippen molar-refractivity contribution < 1.29 is 4.79 Å². The van der Waals surface area contributed by atoms with Crippen LogP contribution < -0.4 is 0 Å². The molecule has 86 valence electrons. The molecular formula is C13H12N2OS. The smallest absolute Gasteiger partial charge is 0.136 e. The molecule has 4 heteroatoms. The first-order chi connectivity index (χ1) is 8.20. The van der Waals surface area contributed by atoms with Gasteiger partial charge in [0.2, 0.25) is 0 Å². The molecule has 0 saturated carbocycles. The summed E-state index contributed by atoms with van der Waals surface area (Å²) < 4.78 is 0. The lowest BCUT2D eigenvalue weighted by molar-refractivity contribution is -0.120. The Morgan fingerprint density at radius 2 is 1.82 bits per heavy atom. The van der Waals surface area contributed by atoms with Crippen molar-refractivity contribution in [2.75, 3.05) is 13.1 Å². The maximum absolute atomic E-state index is 11.1. The first-order valence-electron chi connectivity index (χ1n) is 5.52. The molecular weight excluding hydrogens is 232 g/mol. The Morgan fingerprint density at radius 3 is 2.35 bits per heavy atom. The molecule has 1 fully saturated rings. The fourth-order valence-corrected chi connectivity index (χ4v) is 2.15. The van der Waals surface area contributed by atoms with Gasteiger partial charge in [-0.15, -0.1) is 0 Å². The van der Waals surface area contributed by atoms with Crippen LogP contribution in [0.2, 0.25) is 0 Å². The quantitative estimate of drug-likeness (QED) is 0.708. The molecule has 1 aromatic carbocycles. The van der Waals surface area contributed by atoms with Crippen LogP contribution in [0.25, 0.3) is 0 Å². The van der Waals surface area contributed by atoms with Gasteiger partial charge in [0, 0.05) is 31.5 Å². The Labute approximate surface area is 106 Å². The van der Waals surface area contributed by atoms with Crippen molar-refractivity contribution >= 4 is 23.0 Å². The average molecular weight is 244 g/mol. The molecule has 0 unspecified atom stereocenters. The summed E-state index contributed by atoms with van der Waals surface area (Å²) in [6.45, 7) is 1.41. The van der Waals surface area contributed by atoms with Gasteiger partial charge in [-0.2, -0.15) is 5.26 Å². The first-order valence-corrected chi connectivity index (χ1v) is 5.92. The van der Waals surface area contributed by atoms with E-state index in [4.69, 9.17) is 17.5 Å². The van der Waals surface area contributed by atoms with E-state index in [9.17, 15) is 4.79 Å². The molecule has 1 saturated heterocycles. The molecule has 0 N–H and O–H groups in total. The third kappa shape index (κ3) is 2.69. The third-order valence-corrected chi connectivity index (χ3v) is 3.36. The molecule has 3 nitrogen and oxygen atoms in total. The Bertz CT molecular complexity index is 477. The van der Waals surface area contributed by atoms with Gasteiger partial charge < -0.3 is 4.90 Å². The van der Waals surface area contributed by atoms with E-state index in [0.717, 1.165) is 10.6 Å². The van der Waals surface area contributed by atoms with Crippen LogP contribution in [0, 0.1) is 11.3 Å². The molecule has 1 aliphatic heterocycles. The van der Waals surface area contributed by atoms with Crippen molar-refractivity contribution in [1.82, 2.24) is 4.90 Å². The standard InChI is InChI=1S/C13H12N2OS/c14-9-10-1-3-11(4-2-10)13(17)15-7-5-12(16)6-8-15/h1-4H,5-8H2. The van der Waals surface area contributed by atoms with E-state index < -0.39 is 0 Å². The minimum atomic E-state index is 0.309. The lowest BCUT2D eigenvalue weighted by Crippen LogP contribution is -2.38. The van der Waals surface area contributed by atoms with Gasteiger partial charge in [0.15, 0.2) is 0 Å². The lowest BCUT2D eigenvalue weighted by Gasteiger charge is -2.28. The maximum Gasteiger partial charge on any atom is 0.136 e. The number of hydrogen-bond acceptors (Lipinski definition) is 3. The molecule has 0 aliphatic carbocycles. The summed E-state index contributed by atoms with van der Waals surface area (Å²) in [7, 11) is 0. The number of rotatable bonds is 1. The highest BCUT2D eigenvalue weighted by atomic mass is 32.1. The molecule has 17 heavy (non-hydrogen) atoms. The number of piperidine rings is 1. The molecule has 0 bridgehead atoms. The summed E-state index contributed by atoms with van der Waals surface area (Å²) >= 11 is 5.39. The summed E-state index contributed by atoms with van der Waals surface area (Å²) in [4.78, 5) is 14.0. The molecule has 1 aliphatic rings. The second-order valence-electron chi connectivity index (χ2n) is 4.02. The number of thiocarbonyl (C=S) groups is 1. The number of Topliss-reactive ketones (excluding diaryl/α,β-unsaturated/α-hetero) is 1. The highest BCUT2D eigenvalue weighted by Gasteiger charge is 2.18. The van der Waals surface area contributed by atoms with Crippen LogP contribution in [0.15, 0.2) is 24.3 Å². The van der Waals surface area contributed by atoms with Crippen LogP contribution in [0.3, 0.4) is 0 Å². The molecule has 0 aromatic heterocycles. The Morgan fingerprint density at radius 1 is 1.24 bits per heavy atom. The zero-order chi connectivity index (χ0) is 12.3. The number of hydrogen-bond donors (Lipinski definition) is 0. The summed E-state index contributed by atoms with van der Waals surface area (Å²) in [5.74, 6) is 0.309. The molecule has 1 heterocycles. The van der Waals surface area contributed by atoms with Gasteiger partial charge in [0.25, 0.3) is 0 Å². The third-order valence-electron chi connectivity index (χ3n) is 2.87. The molecule has 0 amide bonds. The first kappa shape index (κ1) is 11.7. The second kappa shape index (κ2) is 5.07. The fourth-order valence-electron chi connectivity index (χ4n) is 1.83. The zero-order valence-electron chi connectivity index (χ0n) is 9.35. The van der Waals surface area contributed by atoms with E-state index in [1.807, 2.05) is 12.1 Å². The number of nitriles is 1. The Kier molecular flexibility index (Phi) is 3.50. The number of carbonyl (C=O) groups is 1. The van der Waals surface area contributed by atoms with Crippen LogP contribution in [0.4, 0.5) is 0 Å². The number of likely N-dealkylation sites (tertiary alicyclic amines) is 1. The number of nitrogens with zero attached hydrogens (tertiary/aromatic N) is 2. The van der Waals surface area contributed by atoms with Crippen LogP contribution in [-0.2, 0) is 4.79 Å². The number of benzene rings is 1. The van der Waals surface area contributed by atoms with Crippen molar-refractivity contribution in [3.8, 4) is 6.07 Å². The van der Waals surface area contributed by atoms with E-state index in [-0.39, 0.29) is 0 Å². The summed E-state index contributed by atoms with van der Waals surface area (Å²) in [5.41, 5.74) is 1.57. The monoisotopic (exact) mass is 244 g/mol. The predicted molar refractivity (Wildman–Crippen MR) is 68.7 cm³/mol. The van der Waals surface area contributed by atoms with Crippen molar-refractivity contribution in [3.63, 3.8) is 0 Å². The van der Waals surface area contributed by atoms with Crippen LogP contribution in [0.1, 0.15) is 24.0 Å². The van der Waals surface area contributed by atoms with Gasteiger partial charge in [0.05, 0.1) is 11.6 Å². The molecule has 0 atom stereocenters. The van der Waals surface area contributed by atoms with Crippen LogP contribution in [-0.4, -0.2) is 28.8 Å². The topological polar surface area (TPSA) is 44.1 Å². The molecule has 1 aromatic rings. The largest absolute Gasteiger partial charge is 0.361 e. The van der Waals surface area contributed by atoms with Crippen molar-refractivity contribution in [1.29, 1.82) is 5.26 Å². The summed E-state index contributed by atoms with van der Waals surface area (Å²) in [6.07, 6.45) is 1.16. The minimum Gasteiger partial charge on any atom is -0.361 e. The van der Waals surface area contributed by atoms with Gasteiger partial charge in [-0.1, -0.05) is 24.4 Å². The Hall–Kier alpha value is -1.73. The molecule has 2 rings (SSSR count). The number of ketones is 1. The van der Waals surface area contributed by atoms with Crippen LogP contribution in [0.5, 0.6) is 0 Å². The van der Waals surface area contributed by atoms with Crippen molar-refractivity contribution in [3.05, 3.63) is 35.4 Å². The zero-order valence-corrected chi connectivity index (χ0v) is 10.2. The van der Waals surface area contributed by atoms with E-state index in [2.05, 4.69) is 11.0 Å². The lowest BCUT2D eigenvalue weighted by atomic mass is 10.1. The number of carbonyl (C=O) groups excluding carboxylic acids is 1. The summed E-state index contributed by atoms with van der Waals surface area (Å²) in [6, 6.07) is 9.32. The predicted octanol–water partition coefficient (Wildman–Crippen LogP) is 1.90. The molecule has 0 radical (unpaired) electrons. The van der Waals surface area contributed by atoms with Gasteiger partial charge in [-0.25, -0.2) is 0 Å². The Balaban J connectivity index is 2.09. The second-order valence-corrected chi connectivity index (χ2v) is 4.41. The van der Waals surface area contributed by atoms with Gasteiger partial charge in [-0.05, 0) is 12.1 Å². The van der Waals surface area contributed by atoms with E-state index >= 15 is 0 Å². The highest BCUT2D eigenvalue weighted by Crippen LogP contribution is 2.13. The van der Waals surface area contributed by atoms with Gasteiger partial charge in [0.1, 0.15) is 10.8 Å².